The summed E-state index contributed by atoms with van der Waals surface area (Å²) in [6.07, 6.45) is 3.68. The minimum atomic E-state index is -1.26. The van der Waals surface area contributed by atoms with Crippen LogP contribution in [0.3, 0.4) is 0 Å². The minimum absolute atomic E-state index is 1.26. The normalized spacial score (nSPS) is 12.5. The van der Waals surface area contributed by atoms with Gasteiger partial charge in [-0.15, -0.1) is 0 Å². The zero-order chi connectivity index (χ0) is 6.62. The molecule has 0 heterocycles. The Hall–Kier alpha value is -0.243. The maximum atomic E-state index is 5.34. The van der Waals surface area contributed by atoms with Gasteiger partial charge in [-0.1, -0.05) is 6.08 Å². The molecule has 0 bridgehead atoms. The summed E-state index contributed by atoms with van der Waals surface area (Å²) in [6, 6.07) is 0. The van der Waals surface area contributed by atoms with Crippen LogP contribution in [0.2, 0.25) is 19.6 Å². The van der Waals surface area contributed by atoms with Crippen LogP contribution in [-0.4, -0.2) is 8.32 Å². The first-order valence-electron chi connectivity index (χ1n) is 2.85. The lowest BCUT2D eigenvalue weighted by atomic mass is 10.8. The quantitative estimate of drug-likeness (QED) is 0.412. The molecule has 0 amide bonds. The Morgan fingerprint density at radius 3 is 1.88 bits per heavy atom. The molecule has 0 atom stereocenters. The highest BCUT2D eigenvalue weighted by Crippen LogP contribution is 2.01. The van der Waals surface area contributed by atoms with E-state index in [4.69, 9.17) is 4.43 Å². The van der Waals surface area contributed by atoms with E-state index in [1.165, 1.54) is 0 Å². The molecule has 0 aromatic rings. The van der Waals surface area contributed by atoms with Crippen molar-refractivity contribution in [2.24, 2.45) is 0 Å². The van der Waals surface area contributed by atoms with Gasteiger partial charge in [-0.25, -0.2) is 0 Å². The summed E-state index contributed by atoms with van der Waals surface area (Å²) < 4.78 is 5.34. The molecule has 0 aliphatic rings. The van der Waals surface area contributed by atoms with Crippen molar-refractivity contribution >= 4 is 8.32 Å². The van der Waals surface area contributed by atoms with E-state index >= 15 is 0 Å². The van der Waals surface area contributed by atoms with Gasteiger partial charge in [0.15, 0.2) is 0 Å². The van der Waals surface area contributed by atoms with E-state index in [9.17, 15) is 0 Å². The highest BCUT2D eigenvalue weighted by Gasteiger charge is 2.12. The topological polar surface area (TPSA) is 9.23 Å². The molecule has 0 aromatic heterocycles. The van der Waals surface area contributed by atoms with Crippen LogP contribution in [0, 0.1) is 0 Å². The first-order valence-corrected chi connectivity index (χ1v) is 6.26. The van der Waals surface area contributed by atoms with Crippen LogP contribution >= 0.6 is 0 Å². The van der Waals surface area contributed by atoms with Crippen molar-refractivity contribution in [2.75, 3.05) is 0 Å². The van der Waals surface area contributed by atoms with Crippen LogP contribution in [0.25, 0.3) is 0 Å². The standard InChI is InChI=1S/C6H14OSi/c1-5-6-7-8(2,3)4/h5-6H,1-4H3/b6-5-. The molecule has 0 N–H and O–H groups in total. The fraction of sp³-hybridized carbons (Fsp3) is 0.667. The van der Waals surface area contributed by atoms with Gasteiger partial charge in [0.2, 0.25) is 8.32 Å². The summed E-state index contributed by atoms with van der Waals surface area (Å²) in [7, 11) is -1.26. The first kappa shape index (κ1) is 7.76. The summed E-state index contributed by atoms with van der Waals surface area (Å²) in [6.45, 7) is 8.44. The third kappa shape index (κ3) is 5.76. The van der Waals surface area contributed by atoms with Gasteiger partial charge in [-0.05, 0) is 26.6 Å². The molecule has 0 rings (SSSR count). The zero-order valence-electron chi connectivity index (χ0n) is 6.06. The van der Waals surface area contributed by atoms with Gasteiger partial charge in [-0.3, -0.25) is 0 Å². The largest absolute Gasteiger partial charge is 0.550 e. The number of allylic oxidation sites excluding steroid dienone is 1. The second-order valence-corrected chi connectivity index (χ2v) is 7.16. The molecule has 2 heteroatoms. The highest BCUT2D eigenvalue weighted by molar-refractivity contribution is 6.69. The molecule has 0 saturated carbocycles. The van der Waals surface area contributed by atoms with Crippen LogP contribution in [0.5, 0.6) is 0 Å². The van der Waals surface area contributed by atoms with Crippen molar-refractivity contribution < 1.29 is 4.43 Å². The van der Waals surface area contributed by atoms with Gasteiger partial charge in [0, 0.05) is 0 Å². The van der Waals surface area contributed by atoms with Gasteiger partial charge in [0.05, 0.1) is 6.26 Å². The van der Waals surface area contributed by atoms with Gasteiger partial charge < -0.3 is 4.43 Å². The Kier molecular flexibility index (Phi) is 2.83. The van der Waals surface area contributed by atoms with E-state index in [-0.39, 0.29) is 0 Å². The average molecular weight is 130 g/mol. The molecule has 8 heavy (non-hydrogen) atoms. The van der Waals surface area contributed by atoms with E-state index in [1.54, 1.807) is 6.26 Å². The molecule has 0 radical (unpaired) electrons. The van der Waals surface area contributed by atoms with Crippen LogP contribution < -0.4 is 0 Å². The number of hydrogen-bond donors (Lipinski definition) is 0. The van der Waals surface area contributed by atoms with Gasteiger partial charge >= 0.3 is 0 Å². The monoisotopic (exact) mass is 130 g/mol. The molecule has 48 valence electrons. The molecular weight excluding hydrogens is 116 g/mol. The van der Waals surface area contributed by atoms with Crippen molar-refractivity contribution in [3.05, 3.63) is 12.3 Å². The van der Waals surface area contributed by atoms with E-state index in [0.717, 1.165) is 0 Å². The Bertz CT molecular complexity index is 81.0. The predicted octanol–water partition coefficient (Wildman–Crippen LogP) is 2.37. The van der Waals surface area contributed by atoms with Crippen LogP contribution in [0.15, 0.2) is 12.3 Å². The molecule has 1 nitrogen and oxygen atoms in total. The Morgan fingerprint density at radius 2 is 1.75 bits per heavy atom. The summed E-state index contributed by atoms with van der Waals surface area (Å²) in [5, 5.41) is 0. The minimum Gasteiger partial charge on any atom is -0.550 e. The van der Waals surface area contributed by atoms with E-state index in [2.05, 4.69) is 19.6 Å². The van der Waals surface area contributed by atoms with Crippen LogP contribution in [0.1, 0.15) is 6.92 Å². The summed E-state index contributed by atoms with van der Waals surface area (Å²) >= 11 is 0. The summed E-state index contributed by atoms with van der Waals surface area (Å²) in [5.41, 5.74) is 0. The molecule has 0 aromatic carbocycles. The predicted molar refractivity (Wildman–Crippen MR) is 39.2 cm³/mol. The first-order chi connectivity index (χ1) is 3.56. The maximum absolute atomic E-state index is 5.34. The second-order valence-electron chi connectivity index (χ2n) is 2.70. The van der Waals surface area contributed by atoms with Crippen molar-refractivity contribution in [1.82, 2.24) is 0 Å². The lowest BCUT2D eigenvalue weighted by molar-refractivity contribution is 0.478. The lowest BCUT2D eigenvalue weighted by Gasteiger charge is -2.13. The van der Waals surface area contributed by atoms with E-state index in [0.29, 0.717) is 0 Å². The van der Waals surface area contributed by atoms with Crippen molar-refractivity contribution in [1.29, 1.82) is 0 Å². The Morgan fingerprint density at radius 1 is 1.25 bits per heavy atom. The Labute approximate surface area is 52.5 Å². The SMILES string of the molecule is C/C=C\O[Si](C)(C)C. The molecule has 0 saturated heterocycles. The smallest absolute Gasteiger partial charge is 0.241 e. The molecule has 0 aliphatic heterocycles. The zero-order valence-corrected chi connectivity index (χ0v) is 7.06. The summed E-state index contributed by atoms with van der Waals surface area (Å²) in [4.78, 5) is 0. The van der Waals surface area contributed by atoms with E-state index in [1.807, 2.05) is 13.0 Å². The number of rotatable bonds is 2. The van der Waals surface area contributed by atoms with Gasteiger partial charge in [0.25, 0.3) is 0 Å². The van der Waals surface area contributed by atoms with Crippen molar-refractivity contribution in [3.8, 4) is 0 Å². The third-order valence-corrected chi connectivity index (χ3v) is 1.40. The average Bonchev–Trinajstić information content (AvgIpc) is 1.59. The molecular formula is C6H14OSi. The van der Waals surface area contributed by atoms with Crippen molar-refractivity contribution in [3.63, 3.8) is 0 Å². The van der Waals surface area contributed by atoms with Crippen LogP contribution in [0.4, 0.5) is 0 Å². The highest BCUT2D eigenvalue weighted by atomic mass is 28.4. The second kappa shape index (κ2) is 2.92. The third-order valence-electron chi connectivity index (χ3n) is 0.558. The molecule has 0 unspecified atom stereocenters. The van der Waals surface area contributed by atoms with Gasteiger partial charge in [-0.2, -0.15) is 0 Å². The fourth-order valence-corrected chi connectivity index (χ4v) is 0.816. The lowest BCUT2D eigenvalue weighted by Crippen LogP contribution is -2.21. The number of hydrogen-bond acceptors (Lipinski definition) is 1. The van der Waals surface area contributed by atoms with E-state index < -0.39 is 8.32 Å². The maximum Gasteiger partial charge on any atom is 0.241 e. The van der Waals surface area contributed by atoms with Gasteiger partial charge in [0.1, 0.15) is 0 Å². The van der Waals surface area contributed by atoms with Crippen molar-refractivity contribution in [2.45, 2.75) is 26.6 Å². The molecule has 0 fully saturated rings. The fourth-order valence-electron chi connectivity index (χ4n) is 0.272. The Balaban J connectivity index is 3.39. The molecule has 0 spiro atoms. The van der Waals surface area contributed by atoms with Crippen LogP contribution in [-0.2, 0) is 4.43 Å². The summed E-state index contributed by atoms with van der Waals surface area (Å²) in [5.74, 6) is 0. The molecule has 0 aliphatic carbocycles.